The van der Waals surface area contributed by atoms with Crippen molar-refractivity contribution in [1.82, 2.24) is 5.32 Å². The summed E-state index contributed by atoms with van der Waals surface area (Å²) < 4.78 is 24.4. The first kappa shape index (κ1) is 14.5. The molecule has 1 saturated heterocycles. The van der Waals surface area contributed by atoms with Crippen LogP contribution in [0.4, 0.5) is 5.69 Å². The number of nitrogens with one attached hydrogen (secondary N) is 2. The van der Waals surface area contributed by atoms with Crippen LogP contribution < -0.4 is 10.6 Å². The third-order valence-electron chi connectivity index (χ3n) is 2.85. The van der Waals surface area contributed by atoms with Gasteiger partial charge in [-0.2, -0.15) is 0 Å². The zero-order valence-corrected chi connectivity index (χ0v) is 12.6. The van der Waals surface area contributed by atoms with Crippen LogP contribution in [0.1, 0.15) is 0 Å². The number of carbonyl (C=O) groups excluding carboxylic acids is 1. The van der Waals surface area contributed by atoms with E-state index < -0.39 is 21.5 Å². The molecule has 0 atom stereocenters. The number of halogens is 1. The Kier molecular flexibility index (Phi) is 4.59. The maximum absolute atomic E-state index is 11.8. The highest BCUT2D eigenvalue weighted by Gasteiger charge is 2.26. The van der Waals surface area contributed by atoms with Crippen molar-refractivity contribution in [1.29, 1.82) is 0 Å². The molecule has 1 aromatic carbocycles. The summed E-state index contributed by atoms with van der Waals surface area (Å²) in [5, 5.41) is 5.61. The zero-order valence-electron chi connectivity index (χ0n) is 10.2. The SMILES string of the molecule is O=C(CS(=O)(=O)CC1CNC1)Nc1ccccc1Br. The first-order valence-corrected chi connectivity index (χ1v) is 8.53. The second-order valence-electron chi connectivity index (χ2n) is 4.61. The van der Waals surface area contributed by atoms with Crippen LogP contribution in [0, 0.1) is 5.92 Å². The van der Waals surface area contributed by atoms with Gasteiger partial charge in [-0.3, -0.25) is 4.79 Å². The Hall–Kier alpha value is -0.920. The minimum absolute atomic E-state index is 0.0728. The molecular formula is C12H15BrN2O3S. The predicted molar refractivity (Wildman–Crippen MR) is 77.8 cm³/mol. The Morgan fingerprint density at radius 2 is 2.05 bits per heavy atom. The number of para-hydroxylation sites is 1. The van der Waals surface area contributed by atoms with E-state index in [1.165, 1.54) is 0 Å². The fraction of sp³-hybridized carbons (Fsp3) is 0.417. The molecule has 2 rings (SSSR count). The van der Waals surface area contributed by atoms with Crippen molar-refractivity contribution in [3.63, 3.8) is 0 Å². The molecule has 0 unspecified atom stereocenters. The normalized spacial score (nSPS) is 15.8. The van der Waals surface area contributed by atoms with Crippen molar-refractivity contribution in [2.75, 3.05) is 29.9 Å². The second kappa shape index (κ2) is 6.02. The summed E-state index contributed by atoms with van der Waals surface area (Å²) in [6, 6.07) is 7.09. The van der Waals surface area contributed by atoms with Gasteiger partial charge in [-0.25, -0.2) is 8.42 Å². The molecule has 0 saturated carbocycles. The molecule has 7 heteroatoms. The largest absolute Gasteiger partial charge is 0.324 e. The number of rotatable bonds is 5. The number of benzene rings is 1. The topological polar surface area (TPSA) is 75.3 Å². The van der Waals surface area contributed by atoms with Crippen LogP contribution in [0.5, 0.6) is 0 Å². The number of amides is 1. The average molecular weight is 347 g/mol. The molecule has 19 heavy (non-hydrogen) atoms. The molecule has 5 nitrogen and oxygen atoms in total. The summed E-state index contributed by atoms with van der Waals surface area (Å²) in [5.41, 5.74) is 0.577. The van der Waals surface area contributed by atoms with Crippen molar-refractivity contribution >= 4 is 37.4 Å². The Bertz CT molecular complexity index is 570. The van der Waals surface area contributed by atoms with Gasteiger partial charge >= 0.3 is 0 Å². The lowest BCUT2D eigenvalue weighted by atomic mass is 10.1. The van der Waals surface area contributed by atoms with Crippen LogP contribution in [0.15, 0.2) is 28.7 Å². The van der Waals surface area contributed by atoms with Gasteiger partial charge in [0.2, 0.25) is 5.91 Å². The average Bonchev–Trinajstić information content (AvgIpc) is 2.26. The van der Waals surface area contributed by atoms with Crippen LogP contribution >= 0.6 is 15.9 Å². The maximum Gasteiger partial charge on any atom is 0.239 e. The zero-order chi connectivity index (χ0) is 13.9. The first-order valence-electron chi connectivity index (χ1n) is 5.92. The van der Waals surface area contributed by atoms with Crippen LogP contribution in [0.3, 0.4) is 0 Å². The van der Waals surface area contributed by atoms with E-state index in [1.807, 2.05) is 6.07 Å². The van der Waals surface area contributed by atoms with Gasteiger partial charge in [0.05, 0.1) is 11.4 Å². The smallest absolute Gasteiger partial charge is 0.239 e. The van der Waals surface area contributed by atoms with E-state index in [4.69, 9.17) is 0 Å². The van der Waals surface area contributed by atoms with Crippen molar-refractivity contribution in [2.24, 2.45) is 5.92 Å². The Morgan fingerprint density at radius 3 is 2.63 bits per heavy atom. The molecular weight excluding hydrogens is 332 g/mol. The van der Waals surface area contributed by atoms with Gasteiger partial charge in [-0.15, -0.1) is 0 Å². The number of anilines is 1. The Balaban J connectivity index is 1.92. The van der Waals surface area contributed by atoms with Crippen LogP contribution in [0.25, 0.3) is 0 Å². The van der Waals surface area contributed by atoms with Gasteiger partial charge in [0, 0.05) is 17.6 Å². The fourth-order valence-electron chi connectivity index (χ4n) is 1.83. The molecule has 0 aliphatic carbocycles. The number of carbonyl (C=O) groups is 1. The van der Waals surface area contributed by atoms with Crippen LogP contribution in [0.2, 0.25) is 0 Å². The van der Waals surface area contributed by atoms with Crippen molar-refractivity contribution in [3.05, 3.63) is 28.7 Å². The fourth-order valence-corrected chi connectivity index (χ4v) is 3.76. The van der Waals surface area contributed by atoms with E-state index >= 15 is 0 Å². The monoisotopic (exact) mass is 346 g/mol. The maximum atomic E-state index is 11.8. The lowest BCUT2D eigenvalue weighted by Gasteiger charge is -2.26. The van der Waals surface area contributed by atoms with Crippen molar-refractivity contribution in [3.8, 4) is 0 Å². The number of hydrogen-bond donors (Lipinski definition) is 2. The third kappa shape index (κ3) is 4.29. The van der Waals surface area contributed by atoms with Gasteiger partial charge in [0.1, 0.15) is 5.75 Å². The molecule has 1 amide bonds. The summed E-state index contributed by atoms with van der Waals surface area (Å²) in [4.78, 5) is 11.7. The van der Waals surface area contributed by atoms with Gasteiger partial charge in [-0.1, -0.05) is 12.1 Å². The van der Waals surface area contributed by atoms with Gasteiger partial charge in [0.25, 0.3) is 0 Å². The molecule has 1 aliphatic heterocycles. The Morgan fingerprint density at radius 1 is 1.37 bits per heavy atom. The molecule has 104 valence electrons. The minimum atomic E-state index is -3.34. The van der Waals surface area contributed by atoms with E-state index in [-0.39, 0.29) is 11.7 Å². The quantitative estimate of drug-likeness (QED) is 0.834. The predicted octanol–water partition coefficient (Wildman–Crippen LogP) is 1.02. The third-order valence-corrected chi connectivity index (χ3v) is 5.23. The van der Waals surface area contributed by atoms with E-state index in [9.17, 15) is 13.2 Å². The highest BCUT2D eigenvalue weighted by Crippen LogP contribution is 2.21. The summed E-state index contributed by atoms with van der Waals surface area (Å²) in [6.07, 6.45) is 0. The molecule has 0 bridgehead atoms. The molecule has 0 aromatic heterocycles. The molecule has 1 fully saturated rings. The summed E-state index contributed by atoms with van der Waals surface area (Å²) >= 11 is 3.29. The number of hydrogen-bond acceptors (Lipinski definition) is 4. The van der Waals surface area contributed by atoms with Gasteiger partial charge in [0.15, 0.2) is 9.84 Å². The first-order chi connectivity index (χ1) is 8.96. The number of sulfone groups is 1. The summed E-state index contributed by atoms with van der Waals surface area (Å²) in [7, 11) is -3.34. The van der Waals surface area contributed by atoms with E-state index in [2.05, 4.69) is 26.6 Å². The van der Waals surface area contributed by atoms with Gasteiger partial charge < -0.3 is 10.6 Å². The highest BCUT2D eigenvalue weighted by atomic mass is 79.9. The summed E-state index contributed by atoms with van der Waals surface area (Å²) in [5.74, 6) is -0.755. The van der Waals surface area contributed by atoms with E-state index in [0.29, 0.717) is 18.8 Å². The molecule has 1 aliphatic rings. The van der Waals surface area contributed by atoms with Crippen LogP contribution in [-0.4, -0.2) is 38.9 Å². The molecule has 1 aromatic rings. The Labute approximate surface area is 120 Å². The van der Waals surface area contributed by atoms with Crippen molar-refractivity contribution in [2.45, 2.75) is 0 Å². The minimum Gasteiger partial charge on any atom is -0.324 e. The lowest BCUT2D eigenvalue weighted by Crippen LogP contribution is -2.46. The second-order valence-corrected chi connectivity index (χ2v) is 7.57. The van der Waals surface area contributed by atoms with E-state index in [0.717, 1.165) is 4.47 Å². The van der Waals surface area contributed by atoms with Gasteiger partial charge in [-0.05, 0) is 34.0 Å². The van der Waals surface area contributed by atoms with Crippen molar-refractivity contribution < 1.29 is 13.2 Å². The standard InChI is InChI=1S/C12H15BrN2O3S/c13-10-3-1-2-4-11(10)15-12(16)8-19(17,18)7-9-5-14-6-9/h1-4,9,14H,5-8H2,(H,15,16). The van der Waals surface area contributed by atoms with Crippen LogP contribution in [-0.2, 0) is 14.6 Å². The molecule has 0 radical (unpaired) electrons. The lowest BCUT2D eigenvalue weighted by molar-refractivity contribution is -0.113. The highest BCUT2D eigenvalue weighted by molar-refractivity contribution is 9.10. The summed E-state index contributed by atoms with van der Waals surface area (Å²) in [6.45, 7) is 1.43. The molecule has 0 spiro atoms. The molecule has 2 N–H and O–H groups in total. The molecule has 1 heterocycles. The van der Waals surface area contributed by atoms with E-state index in [1.54, 1.807) is 18.2 Å².